The van der Waals surface area contributed by atoms with E-state index in [1.165, 1.54) is 10.5 Å². The Morgan fingerprint density at radius 2 is 2.28 bits per heavy atom. The van der Waals surface area contributed by atoms with Gasteiger partial charge in [-0.15, -0.1) is 35.0 Å². The van der Waals surface area contributed by atoms with Crippen LogP contribution < -0.4 is 5.32 Å². The maximum absolute atomic E-state index is 12.3. The smallest absolute Gasteiger partial charge is 0.182 e. The van der Waals surface area contributed by atoms with Crippen LogP contribution in [-0.4, -0.2) is 29.0 Å². The number of aryl methyl sites for hydroxylation is 1. The number of carbonyl (C=O) groups is 1. The van der Waals surface area contributed by atoms with Crippen molar-refractivity contribution in [1.82, 2.24) is 5.32 Å². The van der Waals surface area contributed by atoms with E-state index in [4.69, 9.17) is 23.2 Å². The Morgan fingerprint density at radius 3 is 2.94 bits per heavy atom. The molecule has 0 amide bonds. The van der Waals surface area contributed by atoms with Crippen LogP contribution in [0.4, 0.5) is 0 Å². The van der Waals surface area contributed by atoms with Gasteiger partial charge in [-0.2, -0.15) is 0 Å². The molecule has 1 heterocycles. The number of nitrogens with one attached hydrogen (secondary N) is 1. The van der Waals surface area contributed by atoms with Crippen molar-refractivity contribution in [3.05, 3.63) is 29.3 Å². The second kappa shape index (κ2) is 6.29. The maximum Gasteiger partial charge on any atom is 0.182 e. The fraction of sp³-hybridized carbons (Fsp3) is 0.462. The van der Waals surface area contributed by atoms with Crippen molar-refractivity contribution >= 4 is 40.7 Å². The molecule has 0 aliphatic carbocycles. The first-order valence-electron chi connectivity index (χ1n) is 5.95. The summed E-state index contributed by atoms with van der Waals surface area (Å²) in [6, 6.07) is 5.31. The second-order valence-electron chi connectivity index (χ2n) is 4.16. The third-order valence-electron chi connectivity index (χ3n) is 2.94. The molecule has 1 aliphatic rings. The summed E-state index contributed by atoms with van der Waals surface area (Å²) in [4.78, 5) is 12.8. The van der Waals surface area contributed by atoms with Crippen LogP contribution in [0.2, 0.25) is 0 Å². The molecule has 1 N–H and O–H groups in total. The van der Waals surface area contributed by atoms with Crippen molar-refractivity contribution in [1.29, 1.82) is 0 Å². The average molecular weight is 304 g/mol. The van der Waals surface area contributed by atoms with E-state index in [9.17, 15) is 4.79 Å². The van der Waals surface area contributed by atoms with E-state index < -0.39 is 10.9 Å². The van der Waals surface area contributed by atoms with Gasteiger partial charge in [-0.25, -0.2) is 0 Å². The van der Waals surface area contributed by atoms with Gasteiger partial charge in [0, 0.05) is 16.2 Å². The van der Waals surface area contributed by atoms with Gasteiger partial charge in [0.1, 0.15) is 10.9 Å². The van der Waals surface area contributed by atoms with Crippen LogP contribution in [0, 0.1) is 0 Å². The van der Waals surface area contributed by atoms with Crippen molar-refractivity contribution in [2.75, 3.05) is 12.3 Å². The SMILES string of the molecule is CCNC(C(=O)c1ccc2c(c1)SCC2)C(Cl)Cl. The molecule has 98 valence electrons. The molecular formula is C13H15Cl2NOS. The fourth-order valence-corrected chi connectivity index (χ4v) is 3.53. The highest BCUT2D eigenvalue weighted by molar-refractivity contribution is 7.99. The number of alkyl halides is 2. The van der Waals surface area contributed by atoms with Crippen molar-refractivity contribution in [2.45, 2.75) is 29.1 Å². The first-order valence-corrected chi connectivity index (χ1v) is 7.80. The summed E-state index contributed by atoms with van der Waals surface area (Å²) < 4.78 is 0. The molecule has 0 bridgehead atoms. The van der Waals surface area contributed by atoms with Crippen molar-refractivity contribution in [3.8, 4) is 0 Å². The maximum atomic E-state index is 12.3. The minimum Gasteiger partial charge on any atom is -0.305 e. The number of likely N-dealkylation sites (N-methyl/N-ethyl adjacent to an activating group) is 1. The lowest BCUT2D eigenvalue weighted by molar-refractivity contribution is 0.0949. The van der Waals surface area contributed by atoms with E-state index in [0.717, 1.165) is 12.2 Å². The Morgan fingerprint density at radius 1 is 1.50 bits per heavy atom. The van der Waals surface area contributed by atoms with Gasteiger partial charge in [-0.1, -0.05) is 19.1 Å². The van der Waals surface area contributed by atoms with Gasteiger partial charge < -0.3 is 5.32 Å². The Hall–Kier alpha value is -0.220. The van der Waals surface area contributed by atoms with Gasteiger partial charge in [-0.3, -0.25) is 4.79 Å². The summed E-state index contributed by atoms with van der Waals surface area (Å²) >= 11 is 13.5. The highest BCUT2D eigenvalue weighted by atomic mass is 35.5. The Kier molecular flexibility index (Phi) is 4.96. The minimum absolute atomic E-state index is 0.0397. The Bertz CT molecular complexity index is 451. The second-order valence-corrected chi connectivity index (χ2v) is 6.46. The Labute approximate surface area is 121 Å². The third kappa shape index (κ3) is 3.02. The predicted molar refractivity (Wildman–Crippen MR) is 78.2 cm³/mol. The molecule has 1 atom stereocenters. The van der Waals surface area contributed by atoms with Gasteiger partial charge in [0.15, 0.2) is 5.78 Å². The quantitative estimate of drug-likeness (QED) is 0.668. The first kappa shape index (κ1) is 14.2. The topological polar surface area (TPSA) is 29.1 Å². The minimum atomic E-state index is -0.738. The summed E-state index contributed by atoms with van der Waals surface area (Å²) in [5.41, 5.74) is 2.00. The number of fused-ring (bicyclic) bond motifs is 1. The summed E-state index contributed by atoms with van der Waals surface area (Å²) in [6.45, 7) is 2.58. The lowest BCUT2D eigenvalue weighted by Crippen LogP contribution is -2.41. The molecule has 1 unspecified atom stereocenters. The molecule has 1 aliphatic heterocycles. The van der Waals surface area contributed by atoms with Gasteiger partial charge in [0.25, 0.3) is 0 Å². The fourth-order valence-electron chi connectivity index (χ4n) is 2.02. The zero-order valence-electron chi connectivity index (χ0n) is 10.1. The highest BCUT2D eigenvalue weighted by Crippen LogP contribution is 2.32. The summed E-state index contributed by atoms with van der Waals surface area (Å²) in [7, 11) is 0. The normalized spacial score (nSPS) is 15.8. The molecule has 1 aromatic rings. The van der Waals surface area contributed by atoms with Crippen LogP contribution in [0.25, 0.3) is 0 Å². The number of hydrogen-bond acceptors (Lipinski definition) is 3. The van der Waals surface area contributed by atoms with Crippen LogP contribution in [0.15, 0.2) is 23.1 Å². The molecule has 0 spiro atoms. The van der Waals surface area contributed by atoms with Crippen LogP contribution >= 0.6 is 35.0 Å². The van der Waals surface area contributed by atoms with E-state index in [1.807, 2.05) is 25.1 Å². The van der Waals surface area contributed by atoms with Gasteiger partial charge in [0.05, 0.1) is 0 Å². The largest absolute Gasteiger partial charge is 0.305 e. The van der Waals surface area contributed by atoms with Gasteiger partial charge in [-0.05, 0) is 24.6 Å². The molecule has 2 rings (SSSR count). The molecule has 0 fully saturated rings. The first-order chi connectivity index (χ1) is 8.63. The third-order valence-corrected chi connectivity index (χ3v) is 4.54. The standard InChI is InChI=1S/C13H15Cl2NOS/c1-2-16-11(13(14)15)12(17)9-4-3-8-5-6-18-10(8)7-9/h3-4,7,11,13,16H,2,5-6H2,1H3. The highest BCUT2D eigenvalue weighted by Gasteiger charge is 2.26. The van der Waals surface area contributed by atoms with Gasteiger partial charge >= 0.3 is 0 Å². The zero-order valence-corrected chi connectivity index (χ0v) is 12.4. The lowest BCUT2D eigenvalue weighted by Gasteiger charge is -2.17. The van der Waals surface area contributed by atoms with Crippen molar-refractivity contribution < 1.29 is 4.79 Å². The van der Waals surface area contributed by atoms with Crippen molar-refractivity contribution in [2.24, 2.45) is 0 Å². The molecule has 0 aromatic heterocycles. The number of halogens is 2. The van der Waals surface area contributed by atoms with E-state index in [0.29, 0.717) is 12.1 Å². The number of Topliss-reactive ketones (excluding diaryl/α,β-unsaturated/α-hetero) is 1. The average Bonchev–Trinajstić information content (AvgIpc) is 2.81. The molecule has 2 nitrogen and oxygen atoms in total. The van der Waals surface area contributed by atoms with Crippen LogP contribution in [0.1, 0.15) is 22.8 Å². The molecular weight excluding hydrogens is 289 g/mol. The lowest BCUT2D eigenvalue weighted by atomic mass is 10.0. The summed E-state index contributed by atoms with van der Waals surface area (Å²) in [5.74, 6) is 1.05. The molecule has 0 saturated heterocycles. The van der Waals surface area contributed by atoms with Crippen LogP contribution in [-0.2, 0) is 6.42 Å². The molecule has 0 saturated carbocycles. The molecule has 1 aromatic carbocycles. The molecule has 18 heavy (non-hydrogen) atoms. The van der Waals surface area contributed by atoms with Crippen molar-refractivity contribution in [3.63, 3.8) is 0 Å². The van der Waals surface area contributed by atoms with Crippen LogP contribution in [0.5, 0.6) is 0 Å². The van der Waals surface area contributed by atoms with Gasteiger partial charge in [0.2, 0.25) is 0 Å². The van der Waals surface area contributed by atoms with Crippen LogP contribution in [0.3, 0.4) is 0 Å². The Balaban J connectivity index is 2.22. The van der Waals surface area contributed by atoms with E-state index >= 15 is 0 Å². The number of hydrogen-bond donors (Lipinski definition) is 1. The summed E-state index contributed by atoms with van der Waals surface area (Å²) in [6.07, 6.45) is 1.08. The number of ketones is 1. The zero-order chi connectivity index (χ0) is 13.1. The van der Waals surface area contributed by atoms with E-state index in [1.54, 1.807) is 11.8 Å². The monoisotopic (exact) mass is 303 g/mol. The number of rotatable bonds is 5. The van der Waals surface area contributed by atoms with E-state index in [-0.39, 0.29) is 5.78 Å². The summed E-state index contributed by atoms with van der Waals surface area (Å²) in [5, 5.41) is 3.03. The molecule has 5 heteroatoms. The predicted octanol–water partition coefficient (Wildman–Crippen LogP) is 3.30. The number of carbonyl (C=O) groups excluding carboxylic acids is 1. The molecule has 0 radical (unpaired) electrons. The van der Waals surface area contributed by atoms with E-state index in [2.05, 4.69) is 5.32 Å². The number of benzene rings is 1. The number of thioether (sulfide) groups is 1.